The number of carbonyl (C=O) groups is 1. The van der Waals surface area contributed by atoms with Crippen LogP contribution < -0.4 is 4.90 Å². The van der Waals surface area contributed by atoms with Gasteiger partial charge in [0.05, 0.1) is 12.2 Å². The predicted octanol–water partition coefficient (Wildman–Crippen LogP) is 2.76. The number of alkyl halides is 3. The molecule has 21 heavy (non-hydrogen) atoms. The van der Waals surface area contributed by atoms with Crippen molar-refractivity contribution in [3.05, 3.63) is 23.5 Å². The molecule has 0 aromatic heterocycles. The third kappa shape index (κ3) is 3.59. The Morgan fingerprint density at radius 1 is 1.43 bits per heavy atom. The van der Waals surface area contributed by atoms with Gasteiger partial charge in [-0.05, 0) is 24.2 Å². The van der Waals surface area contributed by atoms with Crippen molar-refractivity contribution in [1.29, 1.82) is 0 Å². The molecule has 4 nitrogen and oxygen atoms in total. The topological polar surface area (TPSA) is 52.6 Å². The Morgan fingerprint density at radius 3 is 2.62 bits per heavy atom. The number of halogens is 4. The zero-order valence-electron chi connectivity index (χ0n) is 10.9. The smallest absolute Gasteiger partial charge is 0.433 e. The maximum absolute atomic E-state index is 13.9. The van der Waals surface area contributed by atoms with Crippen LogP contribution in [0.4, 0.5) is 28.0 Å². The third-order valence-electron chi connectivity index (χ3n) is 2.84. The highest BCUT2D eigenvalue weighted by Gasteiger charge is 2.37. The number of benzene rings is 1. The van der Waals surface area contributed by atoms with Gasteiger partial charge in [0, 0.05) is 11.6 Å². The van der Waals surface area contributed by atoms with Gasteiger partial charge in [-0.25, -0.2) is 9.18 Å². The van der Waals surface area contributed by atoms with Crippen molar-refractivity contribution < 1.29 is 31.6 Å². The molecule has 116 valence electrons. The average molecular weight is 325 g/mol. The second-order valence-corrected chi connectivity index (χ2v) is 5.86. The normalized spacial score (nSPS) is 17.0. The van der Waals surface area contributed by atoms with Crippen LogP contribution in [0.5, 0.6) is 0 Å². The van der Waals surface area contributed by atoms with Gasteiger partial charge in [-0.2, -0.15) is 13.2 Å². The maximum Gasteiger partial charge on any atom is 0.433 e. The number of ether oxygens (including phenoxy) is 1. The van der Waals surface area contributed by atoms with E-state index in [9.17, 15) is 26.9 Å². The largest absolute Gasteiger partial charge is 0.611 e. The van der Waals surface area contributed by atoms with E-state index in [1.165, 1.54) is 6.92 Å². The molecule has 0 N–H and O–H groups in total. The lowest BCUT2D eigenvalue weighted by molar-refractivity contribution is -0.106. The van der Waals surface area contributed by atoms with Crippen LogP contribution in [0.1, 0.15) is 5.56 Å². The minimum atomic E-state index is -4.60. The summed E-state index contributed by atoms with van der Waals surface area (Å²) in [7, 11) is 0. The minimum absolute atomic E-state index is 0.0626. The van der Waals surface area contributed by atoms with Crippen LogP contribution in [0, 0.1) is 12.7 Å². The Hall–Kier alpha value is -1.48. The van der Waals surface area contributed by atoms with E-state index in [4.69, 9.17) is 0 Å². The molecule has 1 unspecified atom stereocenters. The van der Waals surface area contributed by atoms with E-state index >= 15 is 0 Å². The molecular weight excluding hydrogens is 314 g/mol. The number of hydrogen-bond donors (Lipinski definition) is 0. The van der Waals surface area contributed by atoms with E-state index in [0.29, 0.717) is 0 Å². The van der Waals surface area contributed by atoms with Crippen LogP contribution >= 0.6 is 0 Å². The lowest BCUT2D eigenvalue weighted by Gasteiger charge is -2.18. The molecule has 9 heteroatoms. The molecule has 1 aromatic rings. The molecule has 1 aromatic carbocycles. The van der Waals surface area contributed by atoms with Crippen LogP contribution in [0.25, 0.3) is 0 Å². The number of nitrogens with zero attached hydrogens (tertiary/aromatic N) is 1. The summed E-state index contributed by atoms with van der Waals surface area (Å²) in [5.74, 6) is -2.30. The summed E-state index contributed by atoms with van der Waals surface area (Å²) in [5.41, 5.74) is -0.0972. The summed E-state index contributed by atoms with van der Waals surface area (Å²) < 4.78 is 67.3. The van der Waals surface area contributed by atoms with Crippen LogP contribution in [0.15, 0.2) is 17.0 Å². The molecule has 1 amide bonds. The standard InChI is InChI=1S/C12H11F4NO3S/c1-7-4-8(13)9(17-2-3-20-11(17)18)5-10(7)21(19)6-12(14,15)16/h4-5H,2-3,6H2,1H3. The fourth-order valence-electron chi connectivity index (χ4n) is 1.93. The van der Waals surface area contributed by atoms with Crippen molar-refractivity contribution in [3.63, 3.8) is 0 Å². The van der Waals surface area contributed by atoms with Crippen LogP contribution in [-0.4, -0.2) is 35.7 Å². The molecule has 0 saturated carbocycles. The van der Waals surface area contributed by atoms with Crippen molar-refractivity contribution in [3.8, 4) is 0 Å². The summed E-state index contributed by atoms with van der Waals surface area (Å²) >= 11 is -2.36. The number of rotatable bonds is 3. The van der Waals surface area contributed by atoms with Crippen molar-refractivity contribution in [2.24, 2.45) is 0 Å². The molecule has 0 spiro atoms. The van der Waals surface area contributed by atoms with E-state index in [2.05, 4.69) is 4.74 Å². The van der Waals surface area contributed by atoms with Crippen molar-refractivity contribution in [1.82, 2.24) is 0 Å². The van der Waals surface area contributed by atoms with Gasteiger partial charge in [0.15, 0.2) is 4.90 Å². The quantitative estimate of drug-likeness (QED) is 0.634. The first-order chi connectivity index (χ1) is 9.69. The number of anilines is 1. The highest BCUT2D eigenvalue weighted by atomic mass is 32.2. The Bertz CT molecular complexity index is 564. The lowest BCUT2D eigenvalue weighted by Crippen LogP contribution is -2.26. The second kappa shape index (κ2) is 5.72. The number of carbonyl (C=O) groups excluding carboxylic acids is 1. The van der Waals surface area contributed by atoms with Crippen LogP contribution in [0.2, 0.25) is 0 Å². The zero-order chi connectivity index (χ0) is 15.8. The lowest BCUT2D eigenvalue weighted by atomic mass is 10.2. The Morgan fingerprint density at radius 2 is 2.10 bits per heavy atom. The molecule has 1 atom stereocenters. The average Bonchev–Trinajstić information content (AvgIpc) is 2.73. The fourth-order valence-corrected chi connectivity index (χ4v) is 3.05. The summed E-state index contributed by atoms with van der Waals surface area (Å²) in [6.45, 7) is 1.51. The van der Waals surface area contributed by atoms with E-state index < -0.39 is 35.0 Å². The molecule has 0 bridgehead atoms. The van der Waals surface area contributed by atoms with Gasteiger partial charge in [0.1, 0.15) is 12.4 Å². The number of aryl methyl sites for hydroxylation is 1. The van der Waals surface area contributed by atoms with E-state index in [0.717, 1.165) is 17.0 Å². The first-order valence-electron chi connectivity index (χ1n) is 5.88. The Balaban J connectivity index is 2.36. The van der Waals surface area contributed by atoms with Gasteiger partial charge in [-0.15, -0.1) is 0 Å². The van der Waals surface area contributed by atoms with Gasteiger partial charge >= 0.3 is 12.3 Å². The Kier molecular flexibility index (Phi) is 4.33. The first-order valence-corrected chi connectivity index (χ1v) is 7.20. The Labute approximate surface area is 120 Å². The number of hydrogen-bond acceptors (Lipinski definition) is 3. The van der Waals surface area contributed by atoms with Crippen LogP contribution in [0.3, 0.4) is 0 Å². The molecule has 1 heterocycles. The molecule has 1 aliphatic heterocycles. The van der Waals surface area contributed by atoms with Gasteiger partial charge < -0.3 is 9.29 Å². The number of cyclic esters (lactones) is 1. The monoisotopic (exact) mass is 325 g/mol. The number of amides is 1. The van der Waals surface area contributed by atoms with E-state index in [-0.39, 0.29) is 29.3 Å². The van der Waals surface area contributed by atoms with Crippen molar-refractivity contribution in [2.75, 3.05) is 23.8 Å². The molecule has 1 saturated heterocycles. The third-order valence-corrected chi connectivity index (χ3v) is 4.36. The molecule has 1 aliphatic rings. The molecular formula is C12H11F4NO3S. The van der Waals surface area contributed by atoms with Crippen molar-refractivity contribution >= 4 is 23.0 Å². The molecule has 2 rings (SSSR count). The SMILES string of the molecule is Cc1cc(F)c(N2CCOC2=O)cc1[S+]([O-])CC(F)(F)F. The summed E-state index contributed by atoms with van der Waals surface area (Å²) in [6, 6.07) is 1.98. The van der Waals surface area contributed by atoms with Crippen molar-refractivity contribution in [2.45, 2.75) is 18.0 Å². The van der Waals surface area contributed by atoms with Gasteiger partial charge in [0.2, 0.25) is 5.75 Å². The zero-order valence-corrected chi connectivity index (χ0v) is 11.7. The van der Waals surface area contributed by atoms with Gasteiger partial charge in [-0.3, -0.25) is 4.90 Å². The molecule has 0 radical (unpaired) electrons. The molecule has 1 fully saturated rings. The minimum Gasteiger partial charge on any atom is -0.611 e. The van der Waals surface area contributed by atoms with Gasteiger partial charge in [-0.1, -0.05) is 0 Å². The van der Waals surface area contributed by atoms with Gasteiger partial charge in [0.25, 0.3) is 0 Å². The highest BCUT2D eigenvalue weighted by molar-refractivity contribution is 7.91. The second-order valence-electron chi connectivity index (χ2n) is 4.44. The van der Waals surface area contributed by atoms with Crippen LogP contribution in [-0.2, 0) is 15.9 Å². The van der Waals surface area contributed by atoms with E-state index in [1.807, 2.05) is 0 Å². The fraction of sp³-hybridized carbons (Fsp3) is 0.417. The maximum atomic E-state index is 13.9. The predicted molar refractivity (Wildman–Crippen MR) is 67.2 cm³/mol. The summed E-state index contributed by atoms with van der Waals surface area (Å²) in [5, 5.41) is 0. The summed E-state index contributed by atoms with van der Waals surface area (Å²) in [6.07, 6.45) is -5.39. The van der Waals surface area contributed by atoms with E-state index in [1.54, 1.807) is 0 Å². The highest BCUT2D eigenvalue weighted by Crippen LogP contribution is 2.31. The first kappa shape index (κ1) is 15.9. The molecule has 0 aliphatic carbocycles. The summed E-state index contributed by atoms with van der Waals surface area (Å²) in [4.78, 5) is 12.2.